The molecule has 0 aromatic carbocycles. The molecule has 0 saturated carbocycles. The summed E-state index contributed by atoms with van der Waals surface area (Å²) in [6.07, 6.45) is 16.4. The molecule has 0 aliphatic heterocycles. The number of halogens is 1. The predicted molar refractivity (Wildman–Crippen MR) is 53.6 cm³/mol. The molecule has 0 unspecified atom stereocenters. The van der Waals surface area contributed by atoms with Gasteiger partial charge >= 0.3 is 84.1 Å². The Kier molecular flexibility index (Phi) is 4.64. The molecule has 0 bridgehead atoms. The van der Waals surface area contributed by atoms with Crippen molar-refractivity contribution in [3.63, 3.8) is 0 Å². The zero-order chi connectivity index (χ0) is 8.39. The molecule has 0 aromatic rings. The van der Waals surface area contributed by atoms with Crippen LogP contribution in [-0.4, -0.2) is 7.37 Å². The van der Waals surface area contributed by atoms with Crippen LogP contribution in [0.15, 0.2) is 43.0 Å². The molecule has 2 aliphatic rings. The molecule has 0 nitrogen and oxygen atoms in total. The first kappa shape index (κ1) is 11.4. The molecular weight excluding hydrogens is 275 g/mol. The Morgan fingerprint density at radius 2 is 1.46 bits per heavy atom. The van der Waals surface area contributed by atoms with E-state index in [1.165, 1.54) is 20.2 Å². The van der Waals surface area contributed by atoms with Crippen LogP contribution in [0.3, 0.4) is 0 Å². The number of hydrogen-bond donors (Lipinski definition) is 0. The summed E-state index contributed by atoms with van der Waals surface area (Å²) < 4.78 is 3.64. The zero-order valence-electron chi connectivity index (χ0n) is 7.76. The van der Waals surface area contributed by atoms with Gasteiger partial charge in [0.25, 0.3) is 0 Å². The van der Waals surface area contributed by atoms with Gasteiger partial charge in [-0.25, -0.2) is 0 Å². The first-order valence-electron chi connectivity index (χ1n) is 4.43. The van der Waals surface area contributed by atoms with E-state index in [4.69, 9.17) is 0 Å². The summed E-state index contributed by atoms with van der Waals surface area (Å²) in [5.41, 5.74) is 0. The first-order valence-corrected chi connectivity index (χ1v) is 15.3. The van der Waals surface area contributed by atoms with Gasteiger partial charge in [-0.05, 0) is 0 Å². The third-order valence-electron chi connectivity index (χ3n) is 2.51. The fourth-order valence-electron chi connectivity index (χ4n) is 1.66. The van der Waals surface area contributed by atoms with Gasteiger partial charge in [0, 0.05) is 0 Å². The van der Waals surface area contributed by atoms with Gasteiger partial charge in [0.2, 0.25) is 0 Å². The van der Waals surface area contributed by atoms with E-state index in [-0.39, 0.29) is 12.4 Å². The van der Waals surface area contributed by atoms with Crippen molar-refractivity contribution in [1.29, 1.82) is 0 Å². The van der Waals surface area contributed by atoms with E-state index in [0.29, 0.717) is 0 Å². The molecule has 2 aliphatic carbocycles. The summed E-state index contributed by atoms with van der Waals surface area (Å²) in [4.78, 5) is 0. The van der Waals surface area contributed by atoms with Crippen LogP contribution in [0.2, 0.25) is 0 Å². The third kappa shape index (κ3) is 2.65. The van der Waals surface area contributed by atoms with E-state index in [2.05, 4.69) is 36.5 Å². The zero-order valence-corrected chi connectivity index (χ0v) is 13.0. The molecule has 0 amide bonds. The normalized spacial score (nSPS) is 18.5. The van der Waals surface area contributed by atoms with Crippen LogP contribution in [0.25, 0.3) is 0 Å². The van der Waals surface area contributed by atoms with Crippen molar-refractivity contribution in [2.45, 2.75) is 12.8 Å². The Balaban J connectivity index is 0.000000845. The van der Waals surface area contributed by atoms with Crippen molar-refractivity contribution in [2.75, 3.05) is 0 Å². The van der Waals surface area contributed by atoms with Crippen LogP contribution in [0.4, 0.5) is 0 Å². The standard InChI is InChI=1S/2C5H5.ClH.H3Si.Zr/c2*1-2-4-5-3-1;;;/h2*1-3H,4H2;1H;1H3;/q;;;;+1/p-1. The van der Waals surface area contributed by atoms with Crippen molar-refractivity contribution < 1.29 is 33.3 Å². The van der Waals surface area contributed by atoms with Crippen LogP contribution < -0.4 is 12.4 Å². The molecule has 0 fully saturated rings. The van der Waals surface area contributed by atoms with Crippen molar-refractivity contribution >= 4 is 7.37 Å². The van der Waals surface area contributed by atoms with Gasteiger partial charge < -0.3 is 12.4 Å². The van der Waals surface area contributed by atoms with Gasteiger partial charge in [-0.3, -0.25) is 0 Å². The second-order valence-electron chi connectivity index (χ2n) is 3.27. The van der Waals surface area contributed by atoms with Crippen molar-refractivity contribution in [2.24, 2.45) is 0 Å². The van der Waals surface area contributed by atoms with Gasteiger partial charge in [0.1, 0.15) is 0 Å². The number of hydrogen-bond acceptors (Lipinski definition) is 0. The van der Waals surface area contributed by atoms with Crippen LogP contribution >= 0.6 is 0 Å². The van der Waals surface area contributed by atoms with Crippen LogP contribution in [0.5, 0.6) is 0 Å². The van der Waals surface area contributed by atoms with Gasteiger partial charge in [-0.15, -0.1) is 0 Å². The molecule has 3 heteroatoms. The minimum absolute atomic E-state index is 0. The average molecular weight is 288 g/mol. The number of allylic oxidation sites excluding steroid dienone is 8. The molecule has 0 heterocycles. The summed E-state index contributed by atoms with van der Waals surface area (Å²) in [5, 5.41) is 0. The topological polar surface area (TPSA) is 0 Å². The molecule has 0 saturated heterocycles. The van der Waals surface area contributed by atoms with Crippen molar-refractivity contribution in [1.82, 2.24) is 0 Å². The second kappa shape index (κ2) is 5.29. The summed E-state index contributed by atoms with van der Waals surface area (Å²) in [5.74, 6) is 0. The average Bonchev–Trinajstić information content (AvgIpc) is 2.77. The van der Waals surface area contributed by atoms with E-state index < -0.39 is 20.9 Å². The first-order chi connectivity index (χ1) is 5.88. The Hall–Kier alpha value is 0.350. The van der Waals surface area contributed by atoms with E-state index in [0.717, 1.165) is 0 Å². The monoisotopic (exact) mass is 286 g/mol. The Morgan fingerprint density at radius 3 is 1.77 bits per heavy atom. The Bertz CT molecular complexity index is 272. The molecule has 2 rings (SSSR count). The van der Waals surface area contributed by atoms with E-state index in [1.807, 2.05) is 6.56 Å². The summed E-state index contributed by atoms with van der Waals surface area (Å²) >= 11 is -1.14. The molecule has 0 aromatic heterocycles. The Morgan fingerprint density at radius 1 is 1.00 bits per heavy atom. The van der Waals surface area contributed by atoms with E-state index in [1.54, 1.807) is 0 Å². The van der Waals surface area contributed by atoms with Crippen molar-refractivity contribution in [3.05, 3.63) is 43.0 Å². The minimum atomic E-state index is -1.14. The number of rotatable bonds is 2. The fraction of sp³-hybridized carbons (Fsp3) is 0.200. The van der Waals surface area contributed by atoms with E-state index in [9.17, 15) is 0 Å². The maximum absolute atomic E-state index is 2.38. The van der Waals surface area contributed by atoms with E-state index >= 15 is 0 Å². The van der Waals surface area contributed by atoms with Gasteiger partial charge in [0.15, 0.2) is 0 Å². The van der Waals surface area contributed by atoms with Gasteiger partial charge in [-0.1, -0.05) is 0 Å². The molecule has 68 valence electrons. The summed E-state index contributed by atoms with van der Waals surface area (Å²) in [6.45, 7) is 0. The van der Waals surface area contributed by atoms with Gasteiger partial charge in [-0.2, -0.15) is 0 Å². The molecular formula is C10H13ClSiZr. The molecule has 0 atom stereocenters. The summed E-state index contributed by atoms with van der Waals surface area (Å²) in [6, 6.07) is 0. The summed E-state index contributed by atoms with van der Waals surface area (Å²) in [7, 11) is 1.45. The van der Waals surface area contributed by atoms with Crippen LogP contribution in [-0.2, 0) is 20.9 Å². The second-order valence-corrected chi connectivity index (χ2v) is 15.4. The Labute approximate surface area is 96.0 Å². The quantitative estimate of drug-likeness (QED) is 0.547. The van der Waals surface area contributed by atoms with Crippen molar-refractivity contribution in [3.8, 4) is 0 Å². The molecule has 0 N–H and O–H groups in total. The molecule has 0 spiro atoms. The third-order valence-corrected chi connectivity index (χ3v) is 16.7. The van der Waals surface area contributed by atoms with Gasteiger partial charge in [0.05, 0.1) is 0 Å². The van der Waals surface area contributed by atoms with Crippen LogP contribution in [0, 0.1) is 0 Å². The van der Waals surface area contributed by atoms with Crippen LogP contribution in [0.1, 0.15) is 12.8 Å². The SMILES string of the molecule is [Cl-].[SiH3][Zr+]([C]1=CC=CC1)[C]1=CC=CC1. The molecule has 0 radical (unpaired) electrons. The maximum atomic E-state index is 2.38. The predicted octanol–water partition coefficient (Wildman–Crippen LogP) is -1.42. The fourth-order valence-corrected chi connectivity index (χ4v) is 10.8. The molecule has 13 heavy (non-hydrogen) atoms.